The minimum Gasteiger partial charge on any atom is -0.343 e. The number of nitrogens with two attached hydrogens (primary N) is 1. The maximum atomic E-state index is 11.5. The van der Waals surface area contributed by atoms with Crippen LogP contribution in [-0.4, -0.2) is 31.1 Å². The predicted molar refractivity (Wildman–Crippen MR) is 65.7 cm³/mol. The second-order valence-electron chi connectivity index (χ2n) is 3.51. The van der Waals surface area contributed by atoms with Crippen molar-refractivity contribution in [2.24, 2.45) is 10.7 Å². The smallest absolute Gasteiger partial charge is 0.267 e. The van der Waals surface area contributed by atoms with Gasteiger partial charge >= 0.3 is 0 Å². The highest BCUT2D eigenvalue weighted by atomic mass is 16.2. The Morgan fingerprint density at radius 2 is 2.00 bits per heavy atom. The molecular weight excluding hydrogens is 218 g/mol. The largest absolute Gasteiger partial charge is 0.343 e. The molecule has 0 saturated carbocycles. The molecule has 17 heavy (non-hydrogen) atoms. The van der Waals surface area contributed by atoms with E-state index >= 15 is 0 Å². The molecule has 0 radical (unpaired) electrons. The zero-order valence-electron chi connectivity index (χ0n) is 9.43. The van der Waals surface area contributed by atoms with Crippen LogP contribution in [0.1, 0.15) is 5.56 Å². The normalized spacial score (nSPS) is 11.6. The zero-order chi connectivity index (χ0) is 12.7. The molecule has 0 bridgehead atoms. The van der Waals surface area contributed by atoms with E-state index < -0.39 is 11.9 Å². The molecule has 5 heteroatoms. The van der Waals surface area contributed by atoms with Crippen molar-refractivity contribution in [2.45, 2.75) is 12.5 Å². The Morgan fingerprint density at radius 3 is 2.53 bits per heavy atom. The molecule has 0 aliphatic carbocycles. The minimum absolute atomic E-state index is 0.157. The molecule has 0 unspecified atom stereocenters. The minimum atomic E-state index is -0.703. The van der Waals surface area contributed by atoms with E-state index in [1.54, 1.807) is 0 Å². The molecule has 1 atom stereocenters. The molecule has 5 nitrogen and oxygen atoms in total. The van der Waals surface area contributed by atoms with Gasteiger partial charge < -0.3 is 11.1 Å². The van der Waals surface area contributed by atoms with Crippen molar-refractivity contribution in [1.29, 1.82) is 0 Å². The van der Waals surface area contributed by atoms with Crippen molar-refractivity contribution in [2.75, 3.05) is 6.54 Å². The van der Waals surface area contributed by atoms with Crippen LogP contribution < -0.4 is 11.1 Å². The first-order valence-electron chi connectivity index (χ1n) is 5.21. The van der Waals surface area contributed by atoms with Crippen LogP contribution in [0.5, 0.6) is 0 Å². The molecule has 0 aliphatic rings. The third-order valence-corrected chi connectivity index (χ3v) is 2.26. The van der Waals surface area contributed by atoms with Gasteiger partial charge in [0.2, 0.25) is 5.91 Å². The van der Waals surface area contributed by atoms with Crippen molar-refractivity contribution in [3.8, 4) is 0 Å². The van der Waals surface area contributed by atoms with Crippen LogP contribution in [0.15, 0.2) is 35.3 Å². The Morgan fingerprint density at radius 1 is 1.35 bits per heavy atom. The van der Waals surface area contributed by atoms with E-state index in [-0.39, 0.29) is 12.5 Å². The molecule has 0 heterocycles. The van der Waals surface area contributed by atoms with Crippen molar-refractivity contribution in [3.63, 3.8) is 0 Å². The Labute approximate surface area is 99.7 Å². The van der Waals surface area contributed by atoms with E-state index in [1.165, 1.54) is 0 Å². The molecule has 2 amide bonds. The second kappa shape index (κ2) is 6.55. The van der Waals surface area contributed by atoms with Crippen LogP contribution in [0.3, 0.4) is 0 Å². The second-order valence-corrected chi connectivity index (χ2v) is 3.51. The van der Waals surface area contributed by atoms with Gasteiger partial charge in [0.25, 0.3) is 5.91 Å². The lowest BCUT2D eigenvalue weighted by Crippen LogP contribution is -2.44. The molecule has 0 saturated heterocycles. The number of amides is 2. The molecular formula is C12H15N3O2. The van der Waals surface area contributed by atoms with E-state index in [0.717, 1.165) is 5.56 Å². The lowest BCUT2D eigenvalue weighted by atomic mass is 10.1. The van der Waals surface area contributed by atoms with Crippen molar-refractivity contribution in [1.82, 2.24) is 5.32 Å². The highest BCUT2D eigenvalue weighted by Gasteiger charge is 2.19. The first-order valence-corrected chi connectivity index (χ1v) is 5.21. The summed E-state index contributed by atoms with van der Waals surface area (Å²) in [5.74, 6) is -0.849. The number of rotatable bonds is 5. The quantitative estimate of drug-likeness (QED) is 0.696. The van der Waals surface area contributed by atoms with Crippen molar-refractivity contribution >= 4 is 18.5 Å². The fourth-order valence-electron chi connectivity index (χ4n) is 1.41. The summed E-state index contributed by atoms with van der Waals surface area (Å²) < 4.78 is 0. The van der Waals surface area contributed by atoms with Gasteiger partial charge in [-0.3, -0.25) is 9.59 Å². The number of carbonyl (C=O) groups is 2. The van der Waals surface area contributed by atoms with Gasteiger partial charge in [-0.2, -0.15) is 0 Å². The summed E-state index contributed by atoms with van der Waals surface area (Å²) in [4.78, 5) is 26.0. The van der Waals surface area contributed by atoms with Gasteiger partial charge in [0.15, 0.2) is 0 Å². The average molecular weight is 233 g/mol. The Balaban J connectivity index is 2.74. The highest BCUT2D eigenvalue weighted by molar-refractivity contribution is 5.90. The van der Waals surface area contributed by atoms with Gasteiger partial charge in [-0.15, -0.1) is 0 Å². The number of benzene rings is 1. The van der Waals surface area contributed by atoms with Crippen LogP contribution in [0.2, 0.25) is 0 Å². The summed E-state index contributed by atoms with van der Waals surface area (Å²) in [6.07, 6.45) is 0.379. The summed E-state index contributed by atoms with van der Waals surface area (Å²) in [5.41, 5.74) is 6.12. The standard InChI is InChI=1S/C12H15N3O2/c1-14-12(17)10(15-11(16)8-13)7-9-5-3-2-4-6-9/h2-6,10H,1,7-8,13H2,(H,15,16)/t10-/m0/s1. The lowest BCUT2D eigenvalue weighted by molar-refractivity contribution is -0.126. The summed E-state index contributed by atoms with van der Waals surface area (Å²) in [6, 6.07) is 8.65. The van der Waals surface area contributed by atoms with E-state index in [2.05, 4.69) is 17.0 Å². The van der Waals surface area contributed by atoms with E-state index in [4.69, 9.17) is 5.73 Å². The summed E-state index contributed by atoms with van der Waals surface area (Å²) in [5, 5.41) is 2.52. The zero-order valence-corrected chi connectivity index (χ0v) is 9.43. The summed E-state index contributed by atoms with van der Waals surface area (Å²) in [7, 11) is 0. The molecule has 1 rings (SSSR count). The summed E-state index contributed by atoms with van der Waals surface area (Å²) in [6.45, 7) is 3.02. The fourth-order valence-corrected chi connectivity index (χ4v) is 1.41. The van der Waals surface area contributed by atoms with E-state index in [0.29, 0.717) is 6.42 Å². The predicted octanol–water partition coefficient (Wildman–Crippen LogP) is -0.100. The fraction of sp³-hybridized carbons (Fsp3) is 0.250. The third-order valence-electron chi connectivity index (χ3n) is 2.26. The van der Waals surface area contributed by atoms with E-state index in [1.807, 2.05) is 30.3 Å². The maximum Gasteiger partial charge on any atom is 0.267 e. The van der Waals surface area contributed by atoms with Gasteiger partial charge in [0.05, 0.1) is 6.54 Å². The van der Waals surface area contributed by atoms with Crippen molar-refractivity contribution in [3.05, 3.63) is 35.9 Å². The van der Waals surface area contributed by atoms with Crippen LogP contribution >= 0.6 is 0 Å². The van der Waals surface area contributed by atoms with Gasteiger partial charge in [-0.25, -0.2) is 4.99 Å². The third kappa shape index (κ3) is 4.16. The Hall–Kier alpha value is -2.01. The Bertz CT molecular complexity index is 403. The topological polar surface area (TPSA) is 84.5 Å². The lowest BCUT2D eigenvalue weighted by Gasteiger charge is -2.14. The number of nitrogens with one attached hydrogen (secondary N) is 1. The van der Waals surface area contributed by atoms with Gasteiger partial charge in [-0.05, 0) is 12.3 Å². The average Bonchev–Trinajstić information content (AvgIpc) is 2.38. The molecule has 90 valence electrons. The maximum absolute atomic E-state index is 11.5. The molecule has 1 aromatic rings. The van der Waals surface area contributed by atoms with E-state index in [9.17, 15) is 9.59 Å². The number of carbonyl (C=O) groups excluding carboxylic acids is 2. The molecule has 1 aromatic carbocycles. The van der Waals surface area contributed by atoms with Gasteiger partial charge in [0, 0.05) is 6.42 Å². The molecule has 0 aromatic heterocycles. The summed E-state index contributed by atoms with van der Waals surface area (Å²) >= 11 is 0. The molecule has 3 N–H and O–H groups in total. The number of hydrogen-bond acceptors (Lipinski definition) is 3. The number of aliphatic imine (C=N–C) groups is 1. The van der Waals surface area contributed by atoms with Crippen LogP contribution in [0, 0.1) is 0 Å². The van der Waals surface area contributed by atoms with Gasteiger partial charge in [0.1, 0.15) is 6.04 Å². The Kier molecular flexibility index (Phi) is 5.03. The monoisotopic (exact) mass is 233 g/mol. The van der Waals surface area contributed by atoms with Gasteiger partial charge in [-0.1, -0.05) is 30.3 Å². The SMILES string of the molecule is C=NC(=O)[C@H](Cc1ccccc1)NC(=O)CN. The first-order chi connectivity index (χ1) is 8.17. The first kappa shape index (κ1) is 13.1. The van der Waals surface area contributed by atoms with Crippen LogP contribution in [0.4, 0.5) is 0 Å². The van der Waals surface area contributed by atoms with Crippen LogP contribution in [0.25, 0.3) is 0 Å². The number of hydrogen-bond donors (Lipinski definition) is 2. The molecule has 0 spiro atoms. The molecule has 0 fully saturated rings. The highest BCUT2D eigenvalue weighted by Crippen LogP contribution is 2.04. The molecule has 0 aliphatic heterocycles. The van der Waals surface area contributed by atoms with Crippen molar-refractivity contribution < 1.29 is 9.59 Å². The van der Waals surface area contributed by atoms with Crippen LogP contribution in [-0.2, 0) is 16.0 Å². The number of nitrogens with zero attached hydrogens (tertiary/aromatic N) is 1.